The maximum absolute atomic E-state index is 11.8. The fourth-order valence-corrected chi connectivity index (χ4v) is 4.58. The summed E-state index contributed by atoms with van der Waals surface area (Å²) in [6, 6.07) is 0.285. The first-order valence-electron chi connectivity index (χ1n) is 7.66. The van der Waals surface area contributed by atoms with Gasteiger partial charge in [-0.1, -0.05) is 13.3 Å². The van der Waals surface area contributed by atoms with Crippen molar-refractivity contribution in [1.29, 1.82) is 0 Å². The van der Waals surface area contributed by atoms with E-state index in [1.165, 1.54) is 6.26 Å². The molecule has 6 heteroatoms. The number of hydrogen-bond acceptors (Lipinski definition) is 5. The van der Waals surface area contributed by atoms with Crippen LogP contribution in [0.15, 0.2) is 0 Å². The van der Waals surface area contributed by atoms with Crippen LogP contribution in [-0.4, -0.2) is 52.0 Å². The third kappa shape index (κ3) is 4.41. The monoisotopic (exact) mass is 305 g/mol. The van der Waals surface area contributed by atoms with E-state index in [2.05, 4.69) is 12.2 Å². The summed E-state index contributed by atoms with van der Waals surface area (Å²) in [6.45, 7) is 4.30. The topological polar surface area (TPSA) is 64.6 Å². The van der Waals surface area contributed by atoms with E-state index in [0.29, 0.717) is 19.1 Å². The van der Waals surface area contributed by atoms with Gasteiger partial charge in [0.05, 0.1) is 18.5 Å². The first-order chi connectivity index (χ1) is 9.50. The molecule has 2 fully saturated rings. The smallest absolute Gasteiger partial charge is 0.159 e. The first-order valence-corrected chi connectivity index (χ1v) is 9.61. The number of nitrogens with one attached hydrogen (secondary N) is 1. The van der Waals surface area contributed by atoms with Crippen molar-refractivity contribution in [3.63, 3.8) is 0 Å². The van der Waals surface area contributed by atoms with E-state index in [0.717, 1.165) is 38.6 Å². The second-order valence-corrected chi connectivity index (χ2v) is 8.27. The average molecular weight is 305 g/mol. The lowest BCUT2D eigenvalue weighted by atomic mass is 9.82. The van der Waals surface area contributed by atoms with Crippen molar-refractivity contribution in [3.05, 3.63) is 0 Å². The molecule has 0 aromatic heterocycles. The van der Waals surface area contributed by atoms with Gasteiger partial charge in [0, 0.05) is 18.7 Å². The van der Waals surface area contributed by atoms with Gasteiger partial charge in [-0.2, -0.15) is 0 Å². The van der Waals surface area contributed by atoms with Gasteiger partial charge in [-0.25, -0.2) is 8.42 Å². The summed E-state index contributed by atoms with van der Waals surface area (Å²) in [6.07, 6.45) is 5.72. The number of rotatable bonds is 6. The highest BCUT2D eigenvalue weighted by atomic mass is 32.2. The number of sulfone groups is 1. The summed E-state index contributed by atoms with van der Waals surface area (Å²) in [4.78, 5) is 0. The predicted octanol–water partition coefficient (Wildman–Crippen LogP) is 1.33. The lowest BCUT2D eigenvalue weighted by Gasteiger charge is -2.35. The van der Waals surface area contributed by atoms with Gasteiger partial charge in [-0.3, -0.25) is 0 Å². The van der Waals surface area contributed by atoms with E-state index >= 15 is 0 Å². The molecule has 1 N–H and O–H groups in total. The Labute approximate surface area is 122 Å². The summed E-state index contributed by atoms with van der Waals surface area (Å²) in [5.74, 6) is 0.399. The highest BCUT2D eigenvalue weighted by Crippen LogP contribution is 2.32. The third-order valence-corrected chi connectivity index (χ3v) is 6.08. The maximum atomic E-state index is 11.8. The van der Waals surface area contributed by atoms with E-state index in [1.54, 1.807) is 0 Å². The van der Waals surface area contributed by atoms with Crippen molar-refractivity contribution in [3.8, 4) is 0 Å². The molecule has 118 valence electrons. The molecular formula is C14H27NO4S. The van der Waals surface area contributed by atoms with Crippen molar-refractivity contribution in [2.45, 2.75) is 56.6 Å². The quantitative estimate of drug-likeness (QED) is 0.802. The lowest BCUT2D eigenvalue weighted by Crippen LogP contribution is -2.43. The lowest BCUT2D eigenvalue weighted by molar-refractivity contribution is -0.0574. The fourth-order valence-electron chi connectivity index (χ4n) is 3.39. The molecular weight excluding hydrogens is 278 g/mol. The molecule has 3 unspecified atom stereocenters. The van der Waals surface area contributed by atoms with Gasteiger partial charge in [0.1, 0.15) is 9.84 Å². The summed E-state index contributed by atoms with van der Waals surface area (Å²) >= 11 is 0. The van der Waals surface area contributed by atoms with Crippen LogP contribution in [0.2, 0.25) is 0 Å². The van der Waals surface area contributed by atoms with Gasteiger partial charge in [0.2, 0.25) is 0 Å². The third-order valence-electron chi connectivity index (χ3n) is 4.44. The Morgan fingerprint density at radius 3 is 2.55 bits per heavy atom. The summed E-state index contributed by atoms with van der Waals surface area (Å²) < 4.78 is 34.6. The van der Waals surface area contributed by atoms with Crippen LogP contribution < -0.4 is 5.32 Å². The molecule has 1 aliphatic heterocycles. The van der Waals surface area contributed by atoms with Crippen LogP contribution in [0.4, 0.5) is 0 Å². The molecule has 0 amide bonds. The molecule has 0 spiro atoms. The second-order valence-electron chi connectivity index (χ2n) is 5.95. The molecule has 3 atom stereocenters. The molecule has 1 aliphatic carbocycles. The molecule has 20 heavy (non-hydrogen) atoms. The molecule has 1 saturated carbocycles. The Bertz CT molecular complexity index is 392. The highest BCUT2D eigenvalue weighted by Gasteiger charge is 2.34. The molecule has 2 rings (SSSR count). The molecule has 1 saturated heterocycles. The van der Waals surface area contributed by atoms with Crippen LogP contribution in [0.1, 0.15) is 39.0 Å². The van der Waals surface area contributed by atoms with Crippen LogP contribution in [0, 0.1) is 5.92 Å². The Morgan fingerprint density at radius 1 is 1.25 bits per heavy atom. The van der Waals surface area contributed by atoms with E-state index in [9.17, 15) is 8.42 Å². The predicted molar refractivity (Wildman–Crippen MR) is 78.4 cm³/mol. The van der Waals surface area contributed by atoms with Crippen LogP contribution in [0.25, 0.3) is 0 Å². The normalized spacial score (nSPS) is 30.5. The zero-order valence-electron chi connectivity index (χ0n) is 12.5. The minimum atomic E-state index is -2.92. The molecule has 0 radical (unpaired) electrons. The SMILES string of the molecule is CCNC(CC1OCCO1)C1CCCC(S(C)(=O)=O)C1. The van der Waals surface area contributed by atoms with Crippen molar-refractivity contribution in [1.82, 2.24) is 5.32 Å². The molecule has 0 aromatic carbocycles. The Balaban J connectivity index is 1.96. The van der Waals surface area contributed by atoms with Gasteiger partial charge in [-0.15, -0.1) is 0 Å². The molecule has 0 aromatic rings. The highest BCUT2D eigenvalue weighted by molar-refractivity contribution is 7.91. The number of hydrogen-bond donors (Lipinski definition) is 1. The van der Waals surface area contributed by atoms with Crippen LogP contribution in [-0.2, 0) is 19.3 Å². The van der Waals surface area contributed by atoms with Gasteiger partial charge < -0.3 is 14.8 Å². The van der Waals surface area contributed by atoms with Crippen molar-refractivity contribution in [2.24, 2.45) is 5.92 Å². The zero-order chi connectivity index (χ0) is 14.6. The summed E-state index contributed by atoms with van der Waals surface area (Å²) in [5.41, 5.74) is 0. The van der Waals surface area contributed by atoms with E-state index in [4.69, 9.17) is 9.47 Å². The largest absolute Gasteiger partial charge is 0.350 e. The summed E-state index contributed by atoms with van der Waals surface area (Å²) in [5, 5.41) is 3.32. The van der Waals surface area contributed by atoms with Gasteiger partial charge in [0.15, 0.2) is 6.29 Å². The summed E-state index contributed by atoms with van der Waals surface area (Å²) in [7, 11) is -2.92. The van der Waals surface area contributed by atoms with Crippen molar-refractivity contribution < 1.29 is 17.9 Å². The standard InChI is InChI=1S/C14H27NO4S/c1-3-15-13(10-14-18-7-8-19-14)11-5-4-6-12(9-11)20(2,16)17/h11-15H,3-10H2,1-2H3. The van der Waals surface area contributed by atoms with E-state index in [-0.39, 0.29) is 17.6 Å². The van der Waals surface area contributed by atoms with Crippen LogP contribution >= 0.6 is 0 Å². The number of ether oxygens (including phenoxy) is 2. The molecule has 1 heterocycles. The molecule has 0 bridgehead atoms. The minimum Gasteiger partial charge on any atom is -0.350 e. The van der Waals surface area contributed by atoms with Crippen LogP contribution in [0.3, 0.4) is 0 Å². The zero-order valence-corrected chi connectivity index (χ0v) is 13.3. The van der Waals surface area contributed by atoms with Gasteiger partial charge in [-0.05, 0) is 31.7 Å². The second kappa shape index (κ2) is 7.20. The van der Waals surface area contributed by atoms with Crippen molar-refractivity contribution in [2.75, 3.05) is 26.0 Å². The van der Waals surface area contributed by atoms with Crippen molar-refractivity contribution >= 4 is 9.84 Å². The Morgan fingerprint density at radius 2 is 1.95 bits per heavy atom. The van der Waals surface area contributed by atoms with E-state index < -0.39 is 9.84 Å². The maximum Gasteiger partial charge on any atom is 0.159 e. The first kappa shape index (κ1) is 16.2. The van der Waals surface area contributed by atoms with E-state index in [1.807, 2.05) is 0 Å². The van der Waals surface area contributed by atoms with Crippen LogP contribution in [0.5, 0.6) is 0 Å². The minimum absolute atomic E-state index is 0.127. The Hall–Kier alpha value is -0.170. The average Bonchev–Trinajstić information content (AvgIpc) is 2.90. The molecule has 5 nitrogen and oxygen atoms in total. The van der Waals surface area contributed by atoms with Gasteiger partial charge >= 0.3 is 0 Å². The fraction of sp³-hybridized carbons (Fsp3) is 1.00. The Kier molecular flexibility index (Phi) is 5.84. The van der Waals surface area contributed by atoms with Gasteiger partial charge in [0.25, 0.3) is 0 Å². The molecule has 2 aliphatic rings.